The van der Waals surface area contributed by atoms with Crippen molar-refractivity contribution in [1.82, 2.24) is 9.21 Å². The first-order valence-corrected chi connectivity index (χ1v) is 10.7. The van der Waals surface area contributed by atoms with Gasteiger partial charge in [0.05, 0.1) is 51.7 Å². The molecule has 3 aliphatic heterocycles. The van der Waals surface area contributed by atoms with Crippen molar-refractivity contribution < 1.29 is 17.6 Å². The second-order valence-electron chi connectivity index (χ2n) is 8.15. The molecule has 0 bridgehead atoms. The molecular formula is C16H33N4O3S+. The normalized spacial score (nSPS) is 34.3. The number of likely N-dealkylation sites (tertiary alicyclic amines) is 2. The lowest BCUT2D eigenvalue weighted by Crippen LogP contribution is -2.63. The summed E-state index contributed by atoms with van der Waals surface area (Å²) in [5.41, 5.74) is 6.43. The van der Waals surface area contributed by atoms with Gasteiger partial charge in [-0.05, 0) is 25.9 Å². The Kier molecular flexibility index (Phi) is 5.54. The van der Waals surface area contributed by atoms with Gasteiger partial charge in [0.2, 0.25) is 10.0 Å². The van der Waals surface area contributed by atoms with Gasteiger partial charge in [0, 0.05) is 25.6 Å². The Labute approximate surface area is 146 Å². The summed E-state index contributed by atoms with van der Waals surface area (Å²) < 4.78 is 33.5. The highest BCUT2D eigenvalue weighted by Crippen LogP contribution is 2.26. The smallest absolute Gasteiger partial charge is 0.217 e. The van der Waals surface area contributed by atoms with Crippen LogP contribution >= 0.6 is 0 Å². The van der Waals surface area contributed by atoms with Gasteiger partial charge in [-0.25, -0.2) is 8.42 Å². The molecule has 0 aliphatic carbocycles. The van der Waals surface area contributed by atoms with E-state index in [1.54, 1.807) is 4.31 Å². The number of nitrogens with two attached hydrogens (primary N) is 1. The second kappa shape index (κ2) is 7.17. The van der Waals surface area contributed by atoms with Crippen molar-refractivity contribution in [2.75, 3.05) is 66.6 Å². The average molecular weight is 362 g/mol. The Morgan fingerprint density at radius 1 is 1.04 bits per heavy atom. The Morgan fingerprint density at radius 2 is 1.67 bits per heavy atom. The minimum absolute atomic E-state index is 0.182. The maximum atomic E-state index is 12.8. The molecule has 3 aliphatic rings. The first kappa shape index (κ1) is 18.5. The highest BCUT2D eigenvalue weighted by molar-refractivity contribution is 7.89. The van der Waals surface area contributed by atoms with Crippen LogP contribution in [0.25, 0.3) is 0 Å². The third-order valence-corrected chi connectivity index (χ3v) is 8.33. The van der Waals surface area contributed by atoms with Gasteiger partial charge < -0.3 is 15.0 Å². The van der Waals surface area contributed by atoms with Crippen LogP contribution in [0.4, 0.5) is 0 Å². The quantitative estimate of drug-likeness (QED) is 0.672. The molecule has 8 heteroatoms. The summed E-state index contributed by atoms with van der Waals surface area (Å²) >= 11 is 0. The topological polar surface area (TPSA) is 75.9 Å². The summed E-state index contributed by atoms with van der Waals surface area (Å²) in [5, 5.41) is -0.237. The number of rotatable bonds is 3. The fourth-order valence-electron chi connectivity index (χ4n) is 4.45. The number of nitrogens with zero attached hydrogens (tertiary/aromatic N) is 3. The molecule has 7 nitrogen and oxygen atoms in total. The number of piperidine rings is 2. The van der Waals surface area contributed by atoms with E-state index < -0.39 is 10.0 Å². The van der Waals surface area contributed by atoms with Crippen molar-refractivity contribution >= 4 is 10.0 Å². The van der Waals surface area contributed by atoms with Crippen LogP contribution in [0, 0.1) is 0 Å². The first-order chi connectivity index (χ1) is 11.3. The zero-order valence-electron chi connectivity index (χ0n) is 15.1. The molecule has 3 fully saturated rings. The molecule has 2 N–H and O–H groups in total. The SMILES string of the molecule is C[N+]1(C)CCC(N2CCC(S(=O)(=O)N3CCOCC3)CC2)C(N)C1. The molecule has 0 amide bonds. The van der Waals surface area contributed by atoms with Gasteiger partial charge in [0.25, 0.3) is 0 Å². The molecule has 3 saturated heterocycles. The van der Waals surface area contributed by atoms with Gasteiger partial charge in [-0.2, -0.15) is 4.31 Å². The fraction of sp³-hybridized carbons (Fsp3) is 1.00. The van der Waals surface area contributed by atoms with Crippen LogP contribution in [0.1, 0.15) is 19.3 Å². The number of hydrogen-bond acceptors (Lipinski definition) is 5. The van der Waals surface area contributed by atoms with E-state index in [-0.39, 0.29) is 11.3 Å². The molecule has 2 atom stereocenters. The van der Waals surface area contributed by atoms with Crippen molar-refractivity contribution in [2.45, 2.75) is 36.6 Å². The Morgan fingerprint density at radius 3 is 2.25 bits per heavy atom. The minimum Gasteiger partial charge on any atom is -0.379 e. The molecule has 3 rings (SSSR count). The van der Waals surface area contributed by atoms with Crippen LogP contribution in [0.5, 0.6) is 0 Å². The number of morpholine rings is 1. The largest absolute Gasteiger partial charge is 0.379 e. The van der Waals surface area contributed by atoms with Crippen LogP contribution in [0.3, 0.4) is 0 Å². The van der Waals surface area contributed by atoms with E-state index in [0.29, 0.717) is 32.3 Å². The van der Waals surface area contributed by atoms with Crippen LogP contribution < -0.4 is 5.73 Å². The van der Waals surface area contributed by atoms with E-state index in [1.807, 2.05) is 0 Å². The van der Waals surface area contributed by atoms with Gasteiger partial charge in [-0.1, -0.05) is 0 Å². The van der Waals surface area contributed by atoms with Crippen molar-refractivity contribution in [3.8, 4) is 0 Å². The van der Waals surface area contributed by atoms with E-state index in [9.17, 15) is 8.42 Å². The summed E-state index contributed by atoms with van der Waals surface area (Å²) in [7, 11) is 1.29. The summed E-state index contributed by atoms with van der Waals surface area (Å²) in [5.74, 6) is 0. The number of sulfonamides is 1. The van der Waals surface area contributed by atoms with Gasteiger partial charge in [0.15, 0.2) is 0 Å². The van der Waals surface area contributed by atoms with Crippen LogP contribution in [0.15, 0.2) is 0 Å². The Balaban J connectivity index is 1.56. The standard InChI is InChI=1S/C16H33N4O3S/c1-20(2)10-5-16(15(17)13-20)18-6-3-14(4-7-18)24(21,22)19-8-11-23-12-9-19/h14-16H,3-13,17H2,1-2H3/q+1. The molecule has 3 heterocycles. The number of hydrogen-bond donors (Lipinski definition) is 1. The zero-order chi connectivity index (χ0) is 17.4. The highest BCUT2D eigenvalue weighted by Gasteiger charge is 2.40. The van der Waals surface area contributed by atoms with Gasteiger partial charge in [-0.15, -0.1) is 0 Å². The number of ether oxygens (including phenoxy) is 1. The lowest BCUT2D eigenvalue weighted by atomic mass is 9.95. The zero-order valence-corrected chi connectivity index (χ0v) is 15.9. The lowest BCUT2D eigenvalue weighted by molar-refractivity contribution is -0.896. The number of likely N-dealkylation sites (N-methyl/N-ethyl adjacent to an activating group) is 1. The van der Waals surface area contributed by atoms with E-state index in [2.05, 4.69) is 19.0 Å². The van der Waals surface area contributed by atoms with Crippen LogP contribution in [-0.2, 0) is 14.8 Å². The minimum atomic E-state index is -3.18. The fourth-order valence-corrected chi connectivity index (χ4v) is 6.34. The predicted molar refractivity (Wildman–Crippen MR) is 94.1 cm³/mol. The average Bonchev–Trinajstić information content (AvgIpc) is 2.55. The molecule has 24 heavy (non-hydrogen) atoms. The van der Waals surface area contributed by atoms with Gasteiger partial charge in [-0.3, -0.25) is 4.90 Å². The van der Waals surface area contributed by atoms with E-state index >= 15 is 0 Å². The summed E-state index contributed by atoms with van der Waals surface area (Å²) in [6.45, 7) is 5.87. The van der Waals surface area contributed by atoms with Crippen molar-refractivity contribution in [3.05, 3.63) is 0 Å². The molecule has 0 aromatic carbocycles. The van der Waals surface area contributed by atoms with Crippen molar-refractivity contribution in [3.63, 3.8) is 0 Å². The third-order valence-electron chi connectivity index (χ3n) is 5.93. The van der Waals surface area contributed by atoms with Crippen molar-refractivity contribution in [1.29, 1.82) is 0 Å². The second-order valence-corrected chi connectivity index (χ2v) is 10.4. The van der Waals surface area contributed by atoms with Crippen LogP contribution in [-0.4, -0.2) is 106 Å². The van der Waals surface area contributed by atoms with Crippen LogP contribution in [0.2, 0.25) is 0 Å². The van der Waals surface area contributed by atoms with Crippen molar-refractivity contribution in [2.24, 2.45) is 5.73 Å². The lowest BCUT2D eigenvalue weighted by Gasteiger charge is -2.47. The van der Waals surface area contributed by atoms with E-state index in [1.165, 1.54) is 0 Å². The third kappa shape index (κ3) is 3.94. The summed E-state index contributed by atoms with van der Waals surface area (Å²) in [6, 6.07) is 0.587. The van der Waals surface area contributed by atoms with E-state index in [0.717, 1.165) is 49.9 Å². The Hall–Kier alpha value is -0.250. The highest BCUT2D eigenvalue weighted by atomic mass is 32.2. The van der Waals surface area contributed by atoms with Gasteiger partial charge >= 0.3 is 0 Å². The first-order valence-electron chi connectivity index (χ1n) is 9.18. The molecule has 0 spiro atoms. The number of quaternary nitrogens is 1. The summed E-state index contributed by atoms with van der Waals surface area (Å²) in [6.07, 6.45) is 2.55. The van der Waals surface area contributed by atoms with Gasteiger partial charge in [0.1, 0.15) is 0 Å². The maximum Gasteiger partial charge on any atom is 0.217 e. The molecule has 0 saturated carbocycles. The predicted octanol–water partition coefficient (Wildman–Crippen LogP) is -0.711. The maximum absolute atomic E-state index is 12.8. The molecule has 140 valence electrons. The van der Waals surface area contributed by atoms with E-state index in [4.69, 9.17) is 10.5 Å². The Bertz CT molecular complexity index is 525. The molecular weight excluding hydrogens is 328 g/mol. The molecule has 2 unspecified atom stereocenters. The molecule has 0 radical (unpaired) electrons. The molecule has 0 aromatic rings. The monoisotopic (exact) mass is 361 g/mol. The summed E-state index contributed by atoms with van der Waals surface area (Å²) in [4.78, 5) is 2.44. The molecule has 0 aromatic heterocycles.